The number of hydrogen-bond donors (Lipinski definition) is 1. The van der Waals surface area contributed by atoms with Gasteiger partial charge in [-0.05, 0) is 18.6 Å². The van der Waals surface area contributed by atoms with Crippen LogP contribution in [0.5, 0.6) is 0 Å². The molecule has 6 heteroatoms. The van der Waals surface area contributed by atoms with Gasteiger partial charge < -0.3 is 5.32 Å². The summed E-state index contributed by atoms with van der Waals surface area (Å²) in [5.41, 5.74) is -0.659. The van der Waals surface area contributed by atoms with E-state index < -0.39 is 11.7 Å². The number of rotatable bonds is 4. The topological polar surface area (TPSA) is 24.9 Å². The molecule has 0 atom stereocenters. The van der Waals surface area contributed by atoms with E-state index >= 15 is 0 Å². The second kappa shape index (κ2) is 6.03. The Bertz CT molecular complexity index is 425. The summed E-state index contributed by atoms with van der Waals surface area (Å²) in [6.45, 7) is 8.38. The predicted molar refractivity (Wildman–Crippen MR) is 73.6 cm³/mol. The Kier molecular flexibility index (Phi) is 5.12. The number of nitrogens with zero attached hydrogens (tertiary/aromatic N) is 1. The Hall–Kier alpha value is -0.910. The molecule has 0 saturated carbocycles. The molecule has 0 amide bonds. The maximum Gasteiger partial charge on any atom is 0.416 e. The van der Waals surface area contributed by atoms with Crippen molar-refractivity contribution in [2.75, 3.05) is 11.9 Å². The van der Waals surface area contributed by atoms with Crippen molar-refractivity contribution < 1.29 is 13.2 Å². The summed E-state index contributed by atoms with van der Waals surface area (Å²) in [6.07, 6.45) is -3.52. The highest BCUT2D eigenvalue weighted by atomic mass is 32.2. The minimum Gasteiger partial charge on any atom is -0.370 e. The van der Waals surface area contributed by atoms with Gasteiger partial charge in [-0.1, -0.05) is 27.7 Å². The van der Waals surface area contributed by atoms with Crippen LogP contribution in [0.4, 0.5) is 19.0 Å². The first-order valence-electron chi connectivity index (χ1n) is 6.14. The lowest BCUT2D eigenvalue weighted by Gasteiger charge is -2.19. The summed E-state index contributed by atoms with van der Waals surface area (Å²) in [5, 5.41) is 3.30. The number of nitrogens with one attached hydrogen (secondary N) is 1. The van der Waals surface area contributed by atoms with Crippen LogP contribution >= 0.6 is 11.8 Å². The number of hydrogen-bond acceptors (Lipinski definition) is 3. The monoisotopic (exact) mass is 292 g/mol. The summed E-state index contributed by atoms with van der Waals surface area (Å²) in [4.78, 5) is 4.22. The van der Waals surface area contributed by atoms with Crippen molar-refractivity contribution in [2.45, 2.75) is 50.1 Å². The Balaban J connectivity index is 3.09. The van der Waals surface area contributed by atoms with Crippen molar-refractivity contribution in [2.24, 2.45) is 0 Å². The molecule has 0 aliphatic heterocycles. The Morgan fingerprint density at radius 1 is 1.21 bits per heavy atom. The Morgan fingerprint density at radius 2 is 1.84 bits per heavy atom. The highest BCUT2D eigenvalue weighted by molar-refractivity contribution is 8.00. The minimum absolute atomic E-state index is 0.181. The third kappa shape index (κ3) is 5.72. The second-order valence-corrected chi connectivity index (χ2v) is 7.07. The molecule has 0 aromatic carbocycles. The lowest BCUT2D eigenvalue weighted by atomic mass is 10.2. The molecule has 108 valence electrons. The molecular formula is C13H19F3N2S. The molecular weight excluding hydrogens is 273 g/mol. The Labute approximate surface area is 116 Å². The van der Waals surface area contributed by atoms with Gasteiger partial charge in [0.05, 0.1) is 10.6 Å². The molecule has 0 saturated heterocycles. The van der Waals surface area contributed by atoms with Gasteiger partial charge in [-0.2, -0.15) is 13.2 Å². The van der Waals surface area contributed by atoms with Crippen LogP contribution in [0.15, 0.2) is 17.2 Å². The third-order valence-corrected chi connectivity index (χ3v) is 3.13. The summed E-state index contributed by atoms with van der Waals surface area (Å²) in [7, 11) is 0. The average Bonchev–Trinajstić information content (AvgIpc) is 2.22. The SMILES string of the molecule is CCCNc1cc(C(F)(F)F)cc(SC(C)(C)C)n1. The highest BCUT2D eigenvalue weighted by Gasteiger charge is 2.32. The zero-order valence-electron chi connectivity index (χ0n) is 11.6. The van der Waals surface area contributed by atoms with Gasteiger partial charge in [0.1, 0.15) is 5.82 Å². The first-order valence-corrected chi connectivity index (χ1v) is 6.95. The second-order valence-electron chi connectivity index (χ2n) is 5.22. The van der Waals surface area contributed by atoms with E-state index in [1.807, 2.05) is 27.7 Å². The van der Waals surface area contributed by atoms with Crippen molar-refractivity contribution in [1.29, 1.82) is 0 Å². The van der Waals surface area contributed by atoms with Crippen LogP contribution in [0, 0.1) is 0 Å². The summed E-state index contributed by atoms with van der Waals surface area (Å²) >= 11 is 1.33. The lowest BCUT2D eigenvalue weighted by Crippen LogP contribution is -2.12. The van der Waals surface area contributed by atoms with Gasteiger partial charge >= 0.3 is 6.18 Å². The quantitative estimate of drug-likeness (QED) is 0.806. The van der Waals surface area contributed by atoms with E-state index in [4.69, 9.17) is 0 Å². The van der Waals surface area contributed by atoms with E-state index in [0.29, 0.717) is 11.6 Å². The molecule has 0 bridgehead atoms. The molecule has 0 aliphatic rings. The fourth-order valence-electron chi connectivity index (χ4n) is 1.38. The van der Waals surface area contributed by atoms with Crippen LogP contribution in [0.3, 0.4) is 0 Å². The average molecular weight is 292 g/mol. The van der Waals surface area contributed by atoms with Crippen molar-refractivity contribution in [1.82, 2.24) is 4.98 Å². The fourth-order valence-corrected chi connectivity index (χ4v) is 2.34. The third-order valence-electron chi connectivity index (χ3n) is 2.10. The van der Waals surface area contributed by atoms with Gasteiger partial charge in [0, 0.05) is 11.3 Å². The smallest absolute Gasteiger partial charge is 0.370 e. The van der Waals surface area contributed by atoms with Crippen molar-refractivity contribution in [3.63, 3.8) is 0 Å². The number of anilines is 1. The van der Waals surface area contributed by atoms with Crippen molar-refractivity contribution in [3.05, 3.63) is 17.7 Å². The van der Waals surface area contributed by atoms with E-state index in [0.717, 1.165) is 18.6 Å². The largest absolute Gasteiger partial charge is 0.416 e. The van der Waals surface area contributed by atoms with E-state index in [-0.39, 0.29) is 10.6 Å². The van der Waals surface area contributed by atoms with E-state index in [9.17, 15) is 13.2 Å². The van der Waals surface area contributed by atoms with Crippen molar-refractivity contribution in [3.8, 4) is 0 Å². The molecule has 0 aliphatic carbocycles. The van der Waals surface area contributed by atoms with Gasteiger partial charge in [0.15, 0.2) is 0 Å². The van der Waals surface area contributed by atoms with Crippen LogP contribution in [0.1, 0.15) is 39.7 Å². The van der Waals surface area contributed by atoms with E-state index in [1.54, 1.807) is 0 Å². The number of halogens is 3. The fraction of sp³-hybridized carbons (Fsp3) is 0.615. The molecule has 1 rings (SSSR count). The number of aromatic nitrogens is 1. The van der Waals surface area contributed by atoms with Gasteiger partial charge in [0.25, 0.3) is 0 Å². The van der Waals surface area contributed by atoms with Gasteiger partial charge in [-0.3, -0.25) is 0 Å². The predicted octanol–water partition coefficient (Wildman–Crippen LogP) is 4.81. The summed E-state index contributed by atoms with van der Waals surface area (Å²) in [6, 6.07) is 2.16. The van der Waals surface area contributed by atoms with Crippen LogP contribution in [0.25, 0.3) is 0 Å². The first kappa shape index (κ1) is 16.1. The Morgan fingerprint density at radius 3 is 2.32 bits per heavy atom. The molecule has 1 heterocycles. The molecule has 0 unspecified atom stereocenters. The van der Waals surface area contributed by atoms with Gasteiger partial charge in [-0.15, -0.1) is 11.8 Å². The zero-order valence-corrected chi connectivity index (χ0v) is 12.4. The molecule has 0 radical (unpaired) electrons. The summed E-state index contributed by atoms with van der Waals surface area (Å²) in [5.74, 6) is 0.281. The molecule has 2 nitrogen and oxygen atoms in total. The van der Waals surface area contributed by atoms with Crippen LogP contribution in [0.2, 0.25) is 0 Å². The molecule has 1 N–H and O–H groups in total. The first-order chi connectivity index (χ1) is 8.62. The number of alkyl halides is 3. The molecule has 19 heavy (non-hydrogen) atoms. The lowest BCUT2D eigenvalue weighted by molar-refractivity contribution is -0.137. The number of pyridine rings is 1. The minimum atomic E-state index is -4.35. The zero-order chi connectivity index (χ0) is 14.7. The van der Waals surface area contributed by atoms with E-state index in [2.05, 4.69) is 10.3 Å². The standard InChI is InChI=1S/C13H19F3N2S/c1-5-6-17-10-7-9(13(14,15)16)8-11(18-10)19-12(2,3)4/h7-8H,5-6H2,1-4H3,(H,17,18). The maximum atomic E-state index is 12.8. The molecule has 0 spiro atoms. The normalized spacial score (nSPS) is 12.6. The van der Waals surface area contributed by atoms with Crippen LogP contribution in [-0.4, -0.2) is 16.3 Å². The summed E-state index contributed by atoms with van der Waals surface area (Å²) < 4.78 is 38.3. The molecule has 0 fully saturated rings. The van der Waals surface area contributed by atoms with Gasteiger partial charge in [0.2, 0.25) is 0 Å². The van der Waals surface area contributed by atoms with Gasteiger partial charge in [-0.25, -0.2) is 4.98 Å². The highest BCUT2D eigenvalue weighted by Crippen LogP contribution is 2.36. The van der Waals surface area contributed by atoms with E-state index in [1.165, 1.54) is 11.8 Å². The molecule has 1 aromatic heterocycles. The van der Waals surface area contributed by atoms with Crippen LogP contribution < -0.4 is 5.32 Å². The maximum absolute atomic E-state index is 12.8. The van der Waals surface area contributed by atoms with Crippen molar-refractivity contribution >= 4 is 17.6 Å². The van der Waals surface area contributed by atoms with Crippen LogP contribution in [-0.2, 0) is 6.18 Å². The number of thioether (sulfide) groups is 1. The molecule has 1 aromatic rings.